The second-order valence-corrected chi connectivity index (χ2v) is 6.45. The van der Waals surface area contributed by atoms with Crippen molar-refractivity contribution in [1.29, 1.82) is 0 Å². The fraction of sp³-hybridized carbons (Fsp3) is 0.136. The second-order valence-electron chi connectivity index (χ2n) is 6.45. The number of anilines is 1. The van der Waals surface area contributed by atoms with Crippen LogP contribution >= 0.6 is 0 Å². The maximum absolute atomic E-state index is 4.87. The minimum absolute atomic E-state index is 0.765. The molecule has 0 bridgehead atoms. The maximum Gasteiger partial charge on any atom is 0.139 e. The van der Waals surface area contributed by atoms with Gasteiger partial charge in [-0.2, -0.15) is 0 Å². The van der Waals surface area contributed by atoms with Gasteiger partial charge >= 0.3 is 0 Å². The van der Waals surface area contributed by atoms with Crippen molar-refractivity contribution in [3.05, 3.63) is 89.6 Å². The lowest BCUT2D eigenvalue weighted by atomic mass is 10.1. The van der Waals surface area contributed by atoms with Crippen LogP contribution in [0.4, 0.5) is 5.82 Å². The predicted octanol–water partition coefficient (Wildman–Crippen LogP) is 5.23. The zero-order chi connectivity index (χ0) is 17.2. The summed E-state index contributed by atoms with van der Waals surface area (Å²) in [6.07, 6.45) is 2.13. The SMILES string of the molecule is Cc1ccc(-c2nc3ccc(C)cn3c2NCc2ccccc2)cc1. The number of imidazole rings is 1. The average Bonchev–Trinajstić information content (AvgIpc) is 2.99. The molecular formula is C22H21N3. The highest BCUT2D eigenvalue weighted by Crippen LogP contribution is 2.29. The van der Waals surface area contributed by atoms with Crippen LogP contribution in [0.3, 0.4) is 0 Å². The zero-order valence-corrected chi connectivity index (χ0v) is 14.5. The molecule has 0 aliphatic rings. The van der Waals surface area contributed by atoms with Gasteiger partial charge in [0.05, 0.1) is 0 Å². The van der Waals surface area contributed by atoms with E-state index >= 15 is 0 Å². The molecule has 124 valence electrons. The molecule has 0 radical (unpaired) electrons. The summed E-state index contributed by atoms with van der Waals surface area (Å²) < 4.78 is 2.15. The van der Waals surface area contributed by atoms with E-state index in [-0.39, 0.29) is 0 Å². The van der Waals surface area contributed by atoms with Gasteiger partial charge in [-0.25, -0.2) is 4.98 Å². The fourth-order valence-corrected chi connectivity index (χ4v) is 3.01. The summed E-state index contributed by atoms with van der Waals surface area (Å²) in [5, 5.41) is 3.59. The Morgan fingerprint density at radius 3 is 2.32 bits per heavy atom. The molecule has 0 saturated carbocycles. The van der Waals surface area contributed by atoms with E-state index in [1.54, 1.807) is 0 Å². The monoisotopic (exact) mass is 327 g/mol. The van der Waals surface area contributed by atoms with Crippen LogP contribution in [0.1, 0.15) is 16.7 Å². The number of aromatic nitrogens is 2. The van der Waals surface area contributed by atoms with Crippen molar-refractivity contribution in [2.45, 2.75) is 20.4 Å². The maximum atomic E-state index is 4.87. The van der Waals surface area contributed by atoms with Gasteiger partial charge in [-0.1, -0.05) is 66.2 Å². The Morgan fingerprint density at radius 2 is 1.56 bits per heavy atom. The number of fused-ring (bicyclic) bond motifs is 1. The summed E-state index contributed by atoms with van der Waals surface area (Å²) in [7, 11) is 0. The molecule has 4 aromatic rings. The largest absolute Gasteiger partial charge is 0.365 e. The molecule has 3 heteroatoms. The molecule has 0 atom stereocenters. The molecule has 0 saturated heterocycles. The van der Waals surface area contributed by atoms with Crippen molar-refractivity contribution in [2.24, 2.45) is 0 Å². The fourth-order valence-electron chi connectivity index (χ4n) is 3.01. The molecule has 2 aromatic heterocycles. The number of nitrogens with one attached hydrogen (secondary N) is 1. The first-order chi connectivity index (χ1) is 12.2. The third-order valence-electron chi connectivity index (χ3n) is 4.39. The van der Waals surface area contributed by atoms with Crippen molar-refractivity contribution in [1.82, 2.24) is 9.38 Å². The third kappa shape index (κ3) is 3.13. The molecular weight excluding hydrogens is 306 g/mol. The van der Waals surface area contributed by atoms with Crippen LogP contribution in [-0.2, 0) is 6.54 Å². The van der Waals surface area contributed by atoms with Crippen molar-refractivity contribution < 1.29 is 0 Å². The lowest BCUT2D eigenvalue weighted by Gasteiger charge is -2.10. The number of hydrogen-bond donors (Lipinski definition) is 1. The highest BCUT2D eigenvalue weighted by atomic mass is 15.1. The summed E-state index contributed by atoms with van der Waals surface area (Å²) in [6.45, 7) is 4.97. The molecule has 0 aliphatic carbocycles. The Balaban J connectivity index is 1.79. The molecule has 2 heterocycles. The van der Waals surface area contributed by atoms with E-state index in [0.717, 1.165) is 29.3 Å². The van der Waals surface area contributed by atoms with E-state index < -0.39 is 0 Å². The number of benzene rings is 2. The molecule has 0 fully saturated rings. The average molecular weight is 327 g/mol. The van der Waals surface area contributed by atoms with Crippen LogP contribution in [0.15, 0.2) is 72.9 Å². The van der Waals surface area contributed by atoms with Gasteiger partial charge in [-0.3, -0.25) is 4.40 Å². The number of rotatable bonds is 4. The van der Waals surface area contributed by atoms with Gasteiger partial charge in [0.15, 0.2) is 0 Å². The van der Waals surface area contributed by atoms with Crippen LogP contribution in [0, 0.1) is 13.8 Å². The van der Waals surface area contributed by atoms with Gasteiger partial charge in [-0.05, 0) is 31.0 Å². The third-order valence-corrected chi connectivity index (χ3v) is 4.39. The van der Waals surface area contributed by atoms with Crippen LogP contribution < -0.4 is 5.32 Å². The topological polar surface area (TPSA) is 29.3 Å². The Morgan fingerprint density at radius 1 is 0.840 bits per heavy atom. The van der Waals surface area contributed by atoms with Crippen LogP contribution in [0.2, 0.25) is 0 Å². The summed E-state index contributed by atoms with van der Waals surface area (Å²) in [5.41, 5.74) is 6.78. The molecule has 0 unspecified atom stereocenters. The van der Waals surface area contributed by atoms with Crippen molar-refractivity contribution in [3.63, 3.8) is 0 Å². The van der Waals surface area contributed by atoms with Gasteiger partial charge in [0.1, 0.15) is 17.2 Å². The molecule has 2 aromatic carbocycles. The standard InChI is InChI=1S/C22H21N3/c1-16-8-11-19(12-9-16)21-22(23-14-18-6-4-3-5-7-18)25-15-17(2)10-13-20(25)24-21/h3-13,15,23H,14H2,1-2H3. The number of aryl methyl sites for hydroxylation is 2. The first-order valence-corrected chi connectivity index (χ1v) is 8.54. The van der Waals surface area contributed by atoms with Gasteiger partial charge < -0.3 is 5.32 Å². The normalized spacial score (nSPS) is 11.0. The highest BCUT2D eigenvalue weighted by Gasteiger charge is 2.14. The quantitative estimate of drug-likeness (QED) is 0.556. The molecule has 4 rings (SSSR count). The Hall–Kier alpha value is -3.07. The van der Waals surface area contributed by atoms with Gasteiger partial charge in [0, 0.05) is 18.3 Å². The lowest BCUT2D eigenvalue weighted by molar-refractivity contribution is 1.08. The molecule has 25 heavy (non-hydrogen) atoms. The minimum atomic E-state index is 0.765. The smallest absolute Gasteiger partial charge is 0.139 e. The molecule has 0 spiro atoms. The van der Waals surface area contributed by atoms with Crippen molar-refractivity contribution >= 4 is 11.5 Å². The molecule has 0 amide bonds. The number of hydrogen-bond acceptors (Lipinski definition) is 2. The van der Waals surface area contributed by atoms with E-state index in [2.05, 4.69) is 90.4 Å². The zero-order valence-electron chi connectivity index (χ0n) is 14.5. The summed E-state index contributed by atoms with van der Waals surface area (Å²) >= 11 is 0. The molecule has 1 N–H and O–H groups in total. The highest BCUT2D eigenvalue weighted by molar-refractivity contribution is 5.76. The first-order valence-electron chi connectivity index (χ1n) is 8.54. The Labute approximate surface area is 148 Å². The Kier molecular flexibility index (Phi) is 3.98. The Bertz CT molecular complexity index is 999. The predicted molar refractivity (Wildman–Crippen MR) is 104 cm³/mol. The number of nitrogens with zero attached hydrogens (tertiary/aromatic N) is 2. The minimum Gasteiger partial charge on any atom is -0.365 e. The summed E-state index contributed by atoms with van der Waals surface area (Å²) in [4.78, 5) is 4.87. The van der Waals surface area contributed by atoms with E-state index in [1.165, 1.54) is 16.7 Å². The van der Waals surface area contributed by atoms with Crippen molar-refractivity contribution in [2.75, 3.05) is 5.32 Å². The van der Waals surface area contributed by atoms with E-state index in [4.69, 9.17) is 4.98 Å². The van der Waals surface area contributed by atoms with E-state index in [0.29, 0.717) is 0 Å². The van der Waals surface area contributed by atoms with E-state index in [9.17, 15) is 0 Å². The molecule has 0 aliphatic heterocycles. The number of pyridine rings is 1. The van der Waals surface area contributed by atoms with Gasteiger partial charge in [0.2, 0.25) is 0 Å². The van der Waals surface area contributed by atoms with E-state index in [1.807, 2.05) is 6.07 Å². The second kappa shape index (κ2) is 6.44. The van der Waals surface area contributed by atoms with Crippen LogP contribution in [-0.4, -0.2) is 9.38 Å². The summed E-state index contributed by atoms with van der Waals surface area (Å²) in [6, 6.07) is 23.1. The van der Waals surface area contributed by atoms with Gasteiger partial charge in [-0.15, -0.1) is 0 Å². The van der Waals surface area contributed by atoms with Crippen LogP contribution in [0.5, 0.6) is 0 Å². The van der Waals surface area contributed by atoms with Crippen LogP contribution in [0.25, 0.3) is 16.9 Å². The first kappa shape index (κ1) is 15.5. The van der Waals surface area contributed by atoms with Crippen molar-refractivity contribution in [3.8, 4) is 11.3 Å². The van der Waals surface area contributed by atoms with Gasteiger partial charge in [0.25, 0.3) is 0 Å². The summed E-state index contributed by atoms with van der Waals surface area (Å²) in [5.74, 6) is 1.03. The molecule has 3 nitrogen and oxygen atoms in total. The lowest BCUT2D eigenvalue weighted by Crippen LogP contribution is -2.03.